The van der Waals surface area contributed by atoms with E-state index in [-0.39, 0.29) is 17.9 Å². The van der Waals surface area contributed by atoms with E-state index < -0.39 is 17.8 Å². The van der Waals surface area contributed by atoms with Gasteiger partial charge in [0.1, 0.15) is 11.3 Å². The van der Waals surface area contributed by atoms with Crippen LogP contribution in [0.1, 0.15) is 11.3 Å². The first-order valence-electron chi connectivity index (χ1n) is 8.20. The largest absolute Gasteiger partial charge is 0.493 e. The Bertz CT molecular complexity index is 947. The summed E-state index contributed by atoms with van der Waals surface area (Å²) in [6.07, 6.45) is 2.76. The molecule has 1 aromatic carbocycles. The fraction of sp³-hybridized carbons (Fsp3) is 0.211. The maximum absolute atomic E-state index is 12.8. The number of urea groups is 1. The van der Waals surface area contributed by atoms with Gasteiger partial charge in [-0.05, 0) is 30.3 Å². The molecule has 1 N–H and O–H groups in total. The van der Waals surface area contributed by atoms with Crippen LogP contribution in [0.25, 0.3) is 6.08 Å². The van der Waals surface area contributed by atoms with Gasteiger partial charge in [0.25, 0.3) is 11.8 Å². The third kappa shape index (κ3) is 3.41. The van der Waals surface area contributed by atoms with Crippen LogP contribution >= 0.6 is 0 Å². The molecule has 0 aliphatic carbocycles. The van der Waals surface area contributed by atoms with E-state index in [4.69, 9.17) is 18.6 Å². The first-order chi connectivity index (χ1) is 13.5. The molecule has 28 heavy (non-hydrogen) atoms. The molecule has 9 heteroatoms. The molecular weight excluding hydrogens is 368 g/mol. The number of carbonyl (C=O) groups is 3. The van der Waals surface area contributed by atoms with Crippen LogP contribution in [-0.4, -0.2) is 44.1 Å². The molecule has 0 atom stereocenters. The quantitative estimate of drug-likeness (QED) is 0.597. The van der Waals surface area contributed by atoms with Crippen LogP contribution in [0.15, 0.2) is 40.5 Å². The molecule has 0 unspecified atom stereocenters. The summed E-state index contributed by atoms with van der Waals surface area (Å²) in [4.78, 5) is 38.0. The lowest BCUT2D eigenvalue weighted by molar-refractivity contribution is -0.130. The molecule has 9 nitrogen and oxygen atoms in total. The Morgan fingerprint density at radius 1 is 1.04 bits per heavy atom. The molecule has 1 fully saturated rings. The maximum atomic E-state index is 12.8. The summed E-state index contributed by atoms with van der Waals surface area (Å²) < 4.78 is 21.1. The van der Waals surface area contributed by atoms with Gasteiger partial charge < -0.3 is 18.6 Å². The highest BCUT2D eigenvalue weighted by Gasteiger charge is 2.36. The molecule has 0 bridgehead atoms. The van der Waals surface area contributed by atoms with E-state index in [2.05, 4.69) is 5.32 Å². The van der Waals surface area contributed by atoms with Crippen LogP contribution in [0, 0.1) is 0 Å². The van der Waals surface area contributed by atoms with Crippen LogP contribution in [0.5, 0.6) is 17.2 Å². The van der Waals surface area contributed by atoms with Crippen LogP contribution in [-0.2, 0) is 16.1 Å². The third-order valence-corrected chi connectivity index (χ3v) is 4.11. The number of hydrogen-bond donors (Lipinski definition) is 1. The summed E-state index contributed by atoms with van der Waals surface area (Å²) in [5, 5.41) is 2.15. The number of amides is 4. The minimum Gasteiger partial charge on any atom is -0.493 e. The van der Waals surface area contributed by atoms with Crippen molar-refractivity contribution in [3.63, 3.8) is 0 Å². The van der Waals surface area contributed by atoms with Gasteiger partial charge in [0, 0.05) is 5.56 Å². The third-order valence-electron chi connectivity index (χ3n) is 4.11. The fourth-order valence-corrected chi connectivity index (χ4v) is 2.79. The number of rotatable bonds is 6. The topological polar surface area (TPSA) is 107 Å². The zero-order chi connectivity index (χ0) is 20.3. The normalized spacial score (nSPS) is 15.6. The van der Waals surface area contributed by atoms with Crippen LogP contribution in [0.4, 0.5) is 4.79 Å². The zero-order valence-electron chi connectivity index (χ0n) is 15.5. The van der Waals surface area contributed by atoms with Gasteiger partial charge in [-0.2, -0.15) is 0 Å². The molecule has 3 rings (SSSR count). The highest BCUT2D eigenvalue weighted by atomic mass is 16.5. The summed E-state index contributed by atoms with van der Waals surface area (Å²) >= 11 is 0. The predicted molar refractivity (Wildman–Crippen MR) is 96.9 cm³/mol. The highest BCUT2D eigenvalue weighted by molar-refractivity contribution is 6.31. The van der Waals surface area contributed by atoms with Gasteiger partial charge in [0.15, 0.2) is 11.5 Å². The molecule has 1 aliphatic heterocycles. The fourth-order valence-electron chi connectivity index (χ4n) is 2.79. The lowest BCUT2D eigenvalue weighted by atomic mass is 10.1. The summed E-state index contributed by atoms with van der Waals surface area (Å²) in [6, 6.07) is 5.67. The number of benzene rings is 1. The van der Waals surface area contributed by atoms with Crippen molar-refractivity contribution in [1.29, 1.82) is 0 Å². The number of ether oxygens (including phenoxy) is 3. The lowest BCUT2D eigenvalue weighted by Gasteiger charge is -2.25. The molecule has 0 spiro atoms. The van der Waals surface area contributed by atoms with Gasteiger partial charge in [-0.25, -0.2) is 4.79 Å². The molecule has 4 amide bonds. The van der Waals surface area contributed by atoms with E-state index in [9.17, 15) is 14.4 Å². The molecule has 2 aromatic rings. The number of imide groups is 2. The van der Waals surface area contributed by atoms with Crippen molar-refractivity contribution in [2.75, 3.05) is 21.3 Å². The van der Waals surface area contributed by atoms with Crippen molar-refractivity contribution in [1.82, 2.24) is 10.2 Å². The standard InChI is InChI=1S/C19H18N2O7/c1-25-14-7-6-11(15(26-2)16(14)27-3)9-13-17(22)20-19(24)21(18(13)23)10-12-5-4-8-28-12/h4-9H,10H2,1-3H3,(H,20,22,24)/b13-9+. The number of methoxy groups -OCH3 is 3. The highest BCUT2D eigenvalue weighted by Crippen LogP contribution is 2.40. The van der Waals surface area contributed by atoms with E-state index >= 15 is 0 Å². The molecule has 0 radical (unpaired) electrons. The lowest BCUT2D eigenvalue weighted by Crippen LogP contribution is -2.53. The van der Waals surface area contributed by atoms with E-state index in [0.717, 1.165) is 4.90 Å². The smallest absolute Gasteiger partial charge is 0.331 e. The second kappa shape index (κ2) is 7.87. The summed E-state index contributed by atoms with van der Waals surface area (Å²) in [5.41, 5.74) is 0.183. The van der Waals surface area contributed by atoms with Crippen LogP contribution < -0.4 is 19.5 Å². The molecule has 0 saturated carbocycles. The Hall–Kier alpha value is -3.75. The second-order valence-electron chi connectivity index (χ2n) is 5.71. The van der Waals surface area contributed by atoms with Gasteiger partial charge >= 0.3 is 6.03 Å². The number of nitrogens with zero attached hydrogens (tertiary/aromatic N) is 1. The first-order valence-corrected chi connectivity index (χ1v) is 8.20. The molecular formula is C19H18N2O7. The molecule has 1 aromatic heterocycles. The molecule has 1 aliphatic rings. The van der Waals surface area contributed by atoms with Gasteiger partial charge in [0.2, 0.25) is 5.75 Å². The predicted octanol–water partition coefficient (Wildman–Crippen LogP) is 1.97. The van der Waals surface area contributed by atoms with Crippen LogP contribution in [0.2, 0.25) is 0 Å². The van der Waals surface area contributed by atoms with Gasteiger partial charge in [-0.1, -0.05) is 0 Å². The van der Waals surface area contributed by atoms with Crippen molar-refractivity contribution in [3.8, 4) is 17.2 Å². The van der Waals surface area contributed by atoms with Crippen LogP contribution in [0.3, 0.4) is 0 Å². The summed E-state index contributed by atoms with van der Waals surface area (Å²) in [7, 11) is 4.35. The average Bonchev–Trinajstić information content (AvgIpc) is 3.20. The maximum Gasteiger partial charge on any atom is 0.331 e. The van der Waals surface area contributed by atoms with Crippen molar-refractivity contribution >= 4 is 23.9 Å². The van der Waals surface area contributed by atoms with Gasteiger partial charge in [0.05, 0.1) is 34.1 Å². The SMILES string of the molecule is COc1ccc(/C=C2\C(=O)NC(=O)N(Cc3ccco3)C2=O)c(OC)c1OC. The van der Waals surface area contributed by atoms with E-state index in [1.165, 1.54) is 33.7 Å². The molecule has 2 heterocycles. The zero-order valence-corrected chi connectivity index (χ0v) is 15.5. The monoisotopic (exact) mass is 386 g/mol. The molecule has 1 saturated heterocycles. The summed E-state index contributed by atoms with van der Waals surface area (Å²) in [6.45, 7) is -0.106. The minimum absolute atomic E-state index is 0.106. The van der Waals surface area contributed by atoms with Crippen molar-refractivity contribution < 1.29 is 33.0 Å². The van der Waals surface area contributed by atoms with Crippen molar-refractivity contribution in [2.24, 2.45) is 0 Å². The van der Waals surface area contributed by atoms with Crippen molar-refractivity contribution in [3.05, 3.63) is 47.4 Å². The number of nitrogens with one attached hydrogen (secondary N) is 1. The molecule has 146 valence electrons. The van der Waals surface area contributed by atoms with E-state index in [1.807, 2.05) is 0 Å². The number of hydrogen-bond acceptors (Lipinski definition) is 7. The second-order valence-corrected chi connectivity index (χ2v) is 5.71. The number of barbiturate groups is 1. The minimum atomic E-state index is -0.817. The summed E-state index contributed by atoms with van der Waals surface area (Å²) in [5.74, 6) is -0.128. The Morgan fingerprint density at radius 3 is 2.39 bits per heavy atom. The van der Waals surface area contributed by atoms with E-state index in [0.29, 0.717) is 22.8 Å². The number of furan rings is 1. The van der Waals surface area contributed by atoms with Gasteiger partial charge in [-0.15, -0.1) is 0 Å². The van der Waals surface area contributed by atoms with Gasteiger partial charge in [-0.3, -0.25) is 19.8 Å². The Kier molecular flexibility index (Phi) is 5.35. The van der Waals surface area contributed by atoms with Crippen molar-refractivity contribution in [2.45, 2.75) is 6.54 Å². The number of carbonyl (C=O) groups excluding carboxylic acids is 3. The Balaban J connectivity index is 2.01. The Labute approximate surface area is 160 Å². The first kappa shape index (κ1) is 19.0. The average molecular weight is 386 g/mol. The Morgan fingerprint density at radius 2 is 1.79 bits per heavy atom. The van der Waals surface area contributed by atoms with E-state index in [1.54, 1.807) is 24.3 Å².